The maximum absolute atomic E-state index is 13.1. The van der Waals surface area contributed by atoms with E-state index >= 15 is 0 Å². The van der Waals surface area contributed by atoms with E-state index in [9.17, 15) is 9.59 Å². The number of hydrogen-bond donors (Lipinski definition) is 0. The first kappa shape index (κ1) is 40.1. The Morgan fingerprint density at radius 2 is 0.844 bits per heavy atom. The van der Waals surface area contributed by atoms with Crippen LogP contribution in [0.25, 0.3) is 0 Å². The average molecular weight is 635 g/mol. The molecule has 0 radical (unpaired) electrons. The Morgan fingerprint density at radius 1 is 0.511 bits per heavy atom. The second-order valence-electron chi connectivity index (χ2n) is 14.5. The minimum Gasteiger partial charge on any atom is -0.465 e. The lowest BCUT2D eigenvalue weighted by Crippen LogP contribution is -2.66. The molecule has 2 saturated heterocycles. The lowest BCUT2D eigenvalue weighted by Gasteiger charge is -2.53. The number of carbonyl (C=O) groups is 2. The van der Waals surface area contributed by atoms with Gasteiger partial charge in [-0.15, -0.1) is 0 Å². The van der Waals surface area contributed by atoms with Crippen LogP contribution in [0.1, 0.15) is 213 Å². The fraction of sp³-hybridized carbons (Fsp3) is 0.950. The zero-order chi connectivity index (χ0) is 32.3. The lowest BCUT2D eigenvalue weighted by atomic mass is 9.69. The molecule has 3 atom stereocenters. The van der Waals surface area contributed by atoms with Crippen LogP contribution in [-0.4, -0.2) is 36.9 Å². The SMILES string of the molecule is CCCCCCCCCCCCCCCCOC(=O)C1CCC2CC1(C(=O)OCCCCCCCCCCCCCCCC)O2. The molecular weight excluding hydrogens is 560 g/mol. The van der Waals surface area contributed by atoms with E-state index in [1.54, 1.807) is 0 Å². The van der Waals surface area contributed by atoms with Crippen molar-refractivity contribution < 1.29 is 23.8 Å². The second kappa shape index (κ2) is 26.9. The van der Waals surface area contributed by atoms with E-state index in [2.05, 4.69) is 13.8 Å². The van der Waals surface area contributed by atoms with Gasteiger partial charge >= 0.3 is 11.9 Å². The zero-order valence-corrected chi connectivity index (χ0v) is 30.0. The van der Waals surface area contributed by atoms with Crippen LogP contribution in [0.3, 0.4) is 0 Å². The molecule has 3 unspecified atom stereocenters. The summed E-state index contributed by atoms with van der Waals surface area (Å²) in [4.78, 5) is 26.0. The number of fused-ring (bicyclic) bond motifs is 2. The van der Waals surface area contributed by atoms with Gasteiger partial charge in [0.25, 0.3) is 0 Å². The predicted octanol–water partition coefficient (Wildman–Crippen LogP) is 12.0. The van der Waals surface area contributed by atoms with Gasteiger partial charge in [-0.05, 0) is 25.7 Å². The molecule has 2 bridgehead atoms. The van der Waals surface area contributed by atoms with Crippen molar-refractivity contribution in [1.82, 2.24) is 0 Å². The molecule has 3 rings (SSSR count). The van der Waals surface area contributed by atoms with Crippen LogP contribution >= 0.6 is 0 Å². The third-order valence-electron chi connectivity index (χ3n) is 10.4. The Labute approximate surface area is 279 Å². The fourth-order valence-corrected chi connectivity index (χ4v) is 7.33. The van der Waals surface area contributed by atoms with Crippen molar-refractivity contribution in [1.29, 1.82) is 0 Å². The summed E-state index contributed by atoms with van der Waals surface area (Å²) in [6.07, 6.45) is 38.7. The molecule has 5 nitrogen and oxygen atoms in total. The third-order valence-corrected chi connectivity index (χ3v) is 10.4. The standard InChI is InChI=1S/C40H74O5/c1-3-5-7-9-11-13-15-17-19-21-23-25-27-29-33-43-38(41)37-32-31-36-35-40(37,45-36)39(42)44-34-30-28-26-24-22-20-18-16-14-12-10-8-6-4-2/h36-37H,3-35H2,1-2H3. The van der Waals surface area contributed by atoms with E-state index < -0.39 is 11.5 Å². The van der Waals surface area contributed by atoms with Crippen molar-refractivity contribution >= 4 is 11.9 Å². The summed E-state index contributed by atoms with van der Waals surface area (Å²) in [6, 6.07) is 0. The fourth-order valence-electron chi connectivity index (χ4n) is 7.33. The van der Waals surface area contributed by atoms with Crippen LogP contribution in [-0.2, 0) is 23.8 Å². The first-order valence-corrected chi connectivity index (χ1v) is 20.2. The Balaban J connectivity index is 1.44. The molecule has 0 N–H and O–H groups in total. The Bertz CT molecular complexity index is 715. The van der Waals surface area contributed by atoms with E-state index in [-0.39, 0.29) is 18.0 Å². The molecule has 264 valence electrons. The summed E-state index contributed by atoms with van der Waals surface area (Å²) in [5.41, 5.74) is -1.09. The molecule has 0 aromatic rings. The first-order valence-electron chi connectivity index (χ1n) is 20.2. The molecule has 1 aliphatic carbocycles. The second-order valence-corrected chi connectivity index (χ2v) is 14.5. The van der Waals surface area contributed by atoms with E-state index in [1.807, 2.05) is 0 Å². The quantitative estimate of drug-likeness (QED) is 0.0544. The van der Waals surface area contributed by atoms with Crippen LogP contribution in [0.5, 0.6) is 0 Å². The van der Waals surface area contributed by atoms with Crippen LogP contribution in [0.15, 0.2) is 0 Å². The number of rotatable bonds is 32. The van der Waals surface area contributed by atoms with Crippen LogP contribution in [0.2, 0.25) is 0 Å². The largest absolute Gasteiger partial charge is 0.465 e. The van der Waals surface area contributed by atoms with E-state index in [0.717, 1.165) is 32.1 Å². The number of esters is 2. The molecule has 2 aliphatic heterocycles. The molecule has 0 aromatic carbocycles. The van der Waals surface area contributed by atoms with Gasteiger partial charge in [0.2, 0.25) is 0 Å². The van der Waals surface area contributed by atoms with Crippen molar-refractivity contribution in [2.24, 2.45) is 5.92 Å². The maximum Gasteiger partial charge on any atom is 0.339 e. The van der Waals surface area contributed by atoms with Gasteiger partial charge in [0, 0.05) is 6.42 Å². The van der Waals surface area contributed by atoms with Gasteiger partial charge in [0.15, 0.2) is 5.60 Å². The van der Waals surface area contributed by atoms with Crippen molar-refractivity contribution in [3.8, 4) is 0 Å². The molecule has 0 aromatic heterocycles. The molecule has 1 saturated carbocycles. The summed E-state index contributed by atoms with van der Waals surface area (Å²) in [5.74, 6) is -1.12. The highest BCUT2D eigenvalue weighted by Crippen LogP contribution is 2.49. The van der Waals surface area contributed by atoms with E-state index in [0.29, 0.717) is 26.1 Å². The molecule has 2 heterocycles. The summed E-state index contributed by atoms with van der Waals surface area (Å²) in [6.45, 7) is 5.42. The number of hydrogen-bond acceptors (Lipinski definition) is 5. The van der Waals surface area contributed by atoms with Crippen LogP contribution in [0, 0.1) is 5.92 Å². The lowest BCUT2D eigenvalue weighted by molar-refractivity contribution is -0.268. The van der Waals surface area contributed by atoms with Crippen molar-refractivity contribution in [3.63, 3.8) is 0 Å². The van der Waals surface area contributed by atoms with Gasteiger partial charge in [-0.3, -0.25) is 4.79 Å². The normalized spacial score (nSPS) is 20.6. The number of carbonyl (C=O) groups excluding carboxylic acids is 2. The van der Waals surface area contributed by atoms with Gasteiger partial charge in [0.1, 0.15) is 0 Å². The summed E-state index contributed by atoms with van der Waals surface area (Å²) in [5, 5.41) is 0. The van der Waals surface area contributed by atoms with Crippen LogP contribution < -0.4 is 0 Å². The average Bonchev–Trinajstić information content (AvgIpc) is 3.04. The zero-order valence-electron chi connectivity index (χ0n) is 30.0. The molecule has 5 heteroatoms. The highest BCUT2D eigenvalue weighted by molar-refractivity contribution is 5.89. The van der Waals surface area contributed by atoms with Gasteiger partial charge in [-0.1, -0.05) is 181 Å². The molecule has 3 aliphatic rings. The van der Waals surface area contributed by atoms with Gasteiger partial charge in [-0.25, -0.2) is 4.79 Å². The maximum atomic E-state index is 13.1. The van der Waals surface area contributed by atoms with E-state index in [4.69, 9.17) is 14.2 Å². The molecule has 45 heavy (non-hydrogen) atoms. The third kappa shape index (κ3) is 17.6. The van der Waals surface area contributed by atoms with Crippen molar-refractivity contribution in [2.75, 3.05) is 13.2 Å². The molecule has 3 fully saturated rings. The number of ether oxygens (including phenoxy) is 3. The van der Waals surface area contributed by atoms with Crippen molar-refractivity contribution in [2.45, 2.75) is 225 Å². The molecule has 0 amide bonds. The van der Waals surface area contributed by atoms with Gasteiger partial charge in [0.05, 0.1) is 25.2 Å². The smallest absolute Gasteiger partial charge is 0.339 e. The Hall–Kier alpha value is -1.10. The van der Waals surface area contributed by atoms with Crippen molar-refractivity contribution in [3.05, 3.63) is 0 Å². The topological polar surface area (TPSA) is 61.8 Å². The summed E-state index contributed by atoms with van der Waals surface area (Å²) < 4.78 is 17.3. The highest BCUT2D eigenvalue weighted by atomic mass is 16.6. The van der Waals surface area contributed by atoms with Gasteiger partial charge in [-0.2, -0.15) is 0 Å². The first-order chi connectivity index (χ1) is 22.1. The summed E-state index contributed by atoms with van der Waals surface area (Å²) in [7, 11) is 0. The molecular formula is C40H74O5. The minimum absolute atomic E-state index is 0.0912. The highest BCUT2D eigenvalue weighted by Gasteiger charge is 2.63. The van der Waals surface area contributed by atoms with Gasteiger partial charge < -0.3 is 14.2 Å². The predicted molar refractivity (Wildman–Crippen MR) is 187 cm³/mol. The molecule has 0 spiro atoms. The Kier molecular flexibility index (Phi) is 24.0. The summed E-state index contributed by atoms with van der Waals surface area (Å²) >= 11 is 0. The van der Waals surface area contributed by atoms with E-state index in [1.165, 1.54) is 154 Å². The Morgan fingerprint density at radius 3 is 1.22 bits per heavy atom. The van der Waals surface area contributed by atoms with Crippen LogP contribution in [0.4, 0.5) is 0 Å². The number of unbranched alkanes of at least 4 members (excludes halogenated alkanes) is 26. The monoisotopic (exact) mass is 635 g/mol. The minimum atomic E-state index is -1.09.